The fourth-order valence-corrected chi connectivity index (χ4v) is 1.17. The first-order valence-electron chi connectivity index (χ1n) is 5.18. The largest absolute Gasteiger partial charge is 0.444 e. The average Bonchev–Trinajstić information content (AvgIpc) is 1.97. The highest BCUT2D eigenvalue weighted by molar-refractivity contribution is 5.88. The number of amides is 2. The molecule has 5 nitrogen and oxygen atoms in total. The van der Waals surface area contributed by atoms with Gasteiger partial charge in [-0.25, -0.2) is 4.79 Å². The van der Waals surface area contributed by atoms with Crippen LogP contribution in [0.25, 0.3) is 0 Å². The zero-order chi connectivity index (χ0) is 13.1. The summed E-state index contributed by atoms with van der Waals surface area (Å²) < 4.78 is 5.08. The molecule has 0 rings (SSSR count). The van der Waals surface area contributed by atoms with Crippen molar-refractivity contribution < 1.29 is 14.3 Å². The van der Waals surface area contributed by atoms with E-state index in [1.54, 1.807) is 48.7 Å². The highest BCUT2D eigenvalue weighted by atomic mass is 16.6. The third-order valence-corrected chi connectivity index (χ3v) is 1.75. The van der Waals surface area contributed by atoms with Crippen LogP contribution in [0.1, 0.15) is 34.6 Å². The Balaban J connectivity index is 4.49. The summed E-state index contributed by atoms with van der Waals surface area (Å²) in [4.78, 5) is 24.6. The van der Waals surface area contributed by atoms with Crippen molar-refractivity contribution in [1.82, 2.24) is 10.2 Å². The standard InChI is InChI=1S/C11H22N2O3/c1-10(2,3)16-9(15)12-11(4,5)8(14)13(6)7/h1-7H3,(H,12,15). The smallest absolute Gasteiger partial charge is 0.408 e. The van der Waals surface area contributed by atoms with Gasteiger partial charge < -0.3 is 15.0 Å². The van der Waals surface area contributed by atoms with E-state index in [1.165, 1.54) is 4.90 Å². The Morgan fingerprint density at radius 2 is 1.50 bits per heavy atom. The second-order valence-electron chi connectivity index (χ2n) is 5.45. The minimum atomic E-state index is -0.966. The number of nitrogens with zero attached hydrogens (tertiary/aromatic N) is 1. The molecule has 0 aromatic carbocycles. The van der Waals surface area contributed by atoms with E-state index in [4.69, 9.17) is 4.74 Å². The Morgan fingerprint density at radius 1 is 1.06 bits per heavy atom. The Bertz CT molecular complexity index is 277. The van der Waals surface area contributed by atoms with Gasteiger partial charge in [0.05, 0.1) is 0 Å². The maximum Gasteiger partial charge on any atom is 0.408 e. The van der Waals surface area contributed by atoms with Crippen LogP contribution >= 0.6 is 0 Å². The molecule has 94 valence electrons. The summed E-state index contributed by atoms with van der Waals surface area (Å²) in [5.74, 6) is -0.182. The Morgan fingerprint density at radius 3 is 1.81 bits per heavy atom. The number of alkyl carbamates (subject to hydrolysis) is 1. The summed E-state index contributed by atoms with van der Waals surface area (Å²) in [6.45, 7) is 8.59. The van der Waals surface area contributed by atoms with Gasteiger partial charge in [-0.2, -0.15) is 0 Å². The molecule has 0 radical (unpaired) electrons. The maximum atomic E-state index is 11.7. The lowest BCUT2D eigenvalue weighted by atomic mass is 10.0. The highest BCUT2D eigenvalue weighted by Crippen LogP contribution is 2.10. The lowest BCUT2D eigenvalue weighted by Crippen LogP contribution is -2.55. The average molecular weight is 230 g/mol. The third-order valence-electron chi connectivity index (χ3n) is 1.75. The van der Waals surface area contributed by atoms with Crippen LogP contribution in [0.5, 0.6) is 0 Å². The Hall–Kier alpha value is -1.26. The van der Waals surface area contributed by atoms with Crippen molar-refractivity contribution in [3.63, 3.8) is 0 Å². The first-order valence-corrected chi connectivity index (χ1v) is 5.18. The number of hydrogen-bond donors (Lipinski definition) is 1. The number of hydrogen-bond acceptors (Lipinski definition) is 3. The molecule has 0 atom stereocenters. The molecule has 0 aliphatic rings. The Labute approximate surface area is 97.1 Å². The number of carbonyl (C=O) groups is 2. The monoisotopic (exact) mass is 230 g/mol. The van der Waals surface area contributed by atoms with Crippen molar-refractivity contribution in [3.05, 3.63) is 0 Å². The first kappa shape index (κ1) is 14.7. The molecular formula is C11H22N2O3. The fourth-order valence-electron chi connectivity index (χ4n) is 1.17. The molecule has 0 saturated carbocycles. The zero-order valence-corrected chi connectivity index (χ0v) is 11.2. The van der Waals surface area contributed by atoms with E-state index < -0.39 is 17.2 Å². The van der Waals surface area contributed by atoms with Crippen LogP contribution in [0.3, 0.4) is 0 Å². The van der Waals surface area contributed by atoms with Gasteiger partial charge in [0, 0.05) is 14.1 Å². The SMILES string of the molecule is CN(C)C(=O)C(C)(C)NC(=O)OC(C)(C)C. The lowest BCUT2D eigenvalue weighted by Gasteiger charge is -2.29. The molecule has 2 amide bonds. The number of nitrogens with one attached hydrogen (secondary N) is 1. The quantitative estimate of drug-likeness (QED) is 0.779. The minimum absolute atomic E-state index is 0.182. The Kier molecular flexibility index (Phi) is 4.35. The molecule has 0 saturated heterocycles. The van der Waals surface area contributed by atoms with Crippen molar-refractivity contribution >= 4 is 12.0 Å². The maximum absolute atomic E-state index is 11.7. The van der Waals surface area contributed by atoms with Gasteiger partial charge in [-0.3, -0.25) is 4.79 Å². The van der Waals surface area contributed by atoms with Gasteiger partial charge in [0.2, 0.25) is 5.91 Å². The molecular weight excluding hydrogens is 208 g/mol. The third kappa shape index (κ3) is 5.00. The van der Waals surface area contributed by atoms with Crippen LogP contribution in [0.15, 0.2) is 0 Å². The van der Waals surface area contributed by atoms with Gasteiger partial charge in [0.15, 0.2) is 0 Å². The van der Waals surface area contributed by atoms with Crippen molar-refractivity contribution in [2.24, 2.45) is 0 Å². The van der Waals surface area contributed by atoms with Gasteiger partial charge >= 0.3 is 6.09 Å². The van der Waals surface area contributed by atoms with E-state index in [-0.39, 0.29) is 5.91 Å². The molecule has 0 aromatic heterocycles. The van der Waals surface area contributed by atoms with Gasteiger partial charge in [-0.05, 0) is 34.6 Å². The number of ether oxygens (including phenoxy) is 1. The molecule has 5 heteroatoms. The van der Waals surface area contributed by atoms with Crippen LogP contribution < -0.4 is 5.32 Å². The zero-order valence-electron chi connectivity index (χ0n) is 11.2. The lowest BCUT2D eigenvalue weighted by molar-refractivity contribution is -0.134. The summed E-state index contributed by atoms with van der Waals surface area (Å²) in [6.07, 6.45) is -0.590. The van der Waals surface area contributed by atoms with Gasteiger partial charge in [0.25, 0.3) is 0 Å². The van der Waals surface area contributed by atoms with Crippen molar-refractivity contribution in [2.45, 2.75) is 45.8 Å². The number of rotatable bonds is 2. The van der Waals surface area contributed by atoms with Crippen molar-refractivity contribution in [1.29, 1.82) is 0 Å². The van der Waals surface area contributed by atoms with Gasteiger partial charge in [-0.1, -0.05) is 0 Å². The highest BCUT2D eigenvalue weighted by Gasteiger charge is 2.32. The van der Waals surface area contributed by atoms with E-state index in [0.717, 1.165) is 0 Å². The molecule has 0 heterocycles. The summed E-state index contributed by atoms with van der Waals surface area (Å²) in [5, 5.41) is 2.54. The van der Waals surface area contributed by atoms with E-state index in [2.05, 4.69) is 5.32 Å². The van der Waals surface area contributed by atoms with Crippen LogP contribution in [-0.4, -0.2) is 42.1 Å². The normalized spacial score (nSPS) is 11.9. The molecule has 0 aliphatic carbocycles. The molecule has 0 spiro atoms. The van der Waals surface area contributed by atoms with Crippen LogP contribution in [-0.2, 0) is 9.53 Å². The summed E-state index contributed by atoms with van der Waals surface area (Å²) in [5.41, 5.74) is -1.53. The predicted octanol–water partition coefficient (Wildman–Crippen LogP) is 1.38. The topological polar surface area (TPSA) is 58.6 Å². The van der Waals surface area contributed by atoms with Gasteiger partial charge in [-0.15, -0.1) is 0 Å². The predicted molar refractivity (Wildman–Crippen MR) is 62.1 cm³/mol. The second kappa shape index (κ2) is 4.72. The summed E-state index contributed by atoms with van der Waals surface area (Å²) >= 11 is 0. The molecule has 16 heavy (non-hydrogen) atoms. The molecule has 0 aliphatic heterocycles. The minimum Gasteiger partial charge on any atom is -0.444 e. The first-order chi connectivity index (χ1) is 6.96. The molecule has 0 bridgehead atoms. The molecule has 0 fully saturated rings. The second-order valence-corrected chi connectivity index (χ2v) is 5.45. The van der Waals surface area contributed by atoms with Crippen LogP contribution in [0, 0.1) is 0 Å². The van der Waals surface area contributed by atoms with E-state index in [0.29, 0.717) is 0 Å². The van der Waals surface area contributed by atoms with Crippen LogP contribution in [0.2, 0.25) is 0 Å². The molecule has 1 N–H and O–H groups in total. The molecule has 0 aromatic rings. The van der Waals surface area contributed by atoms with Crippen molar-refractivity contribution in [2.75, 3.05) is 14.1 Å². The van der Waals surface area contributed by atoms with Crippen LogP contribution in [0.4, 0.5) is 4.79 Å². The summed E-state index contributed by atoms with van der Waals surface area (Å²) in [6, 6.07) is 0. The van der Waals surface area contributed by atoms with E-state index in [1.807, 2.05) is 0 Å². The van der Waals surface area contributed by atoms with E-state index >= 15 is 0 Å². The van der Waals surface area contributed by atoms with E-state index in [9.17, 15) is 9.59 Å². The number of carbonyl (C=O) groups excluding carboxylic acids is 2. The fraction of sp³-hybridized carbons (Fsp3) is 0.818. The molecule has 0 unspecified atom stereocenters. The van der Waals surface area contributed by atoms with Crippen molar-refractivity contribution in [3.8, 4) is 0 Å². The number of likely N-dealkylation sites (N-methyl/N-ethyl adjacent to an activating group) is 1. The summed E-state index contributed by atoms with van der Waals surface area (Å²) in [7, 11) is 3.28. The van der Waals surface area contributed by atoms with Gasteiger partial charge in [0.1, 0.15) is 11.1 Å².